The van der Waals surface area contributed by atoms with Gasteiger partial charge >= 0.3 is 13.1 Å². The van der Waals surface area contributed by atoms with E-state index in [1.54, 1.807) is 0 Å². The summed E-state index contributed by atoms with van der Waals surface area (Å²) in [6, 6.07) is 1.50. The Labute approximate surface area is 83.7 Å². The summed E-state index contributed by atoms with van der Waals surface area (Å²) >= 11 is 5.47. The van der Waals surface area contributed by atoms with Gasteiger partial charge < -0.3 is 15.2 Å². The Bertz CT molecular complexity index is 382. The third kappa shape index (κ3) is 2.04. The number of carbonyl (C=O) groups is 1. The van der Waals surface area contributed by atoms with Crippen LogP contribution in [0, 0.1) is 5.82 Å². The van der Waals surface area contributed by atoms with Crippen LogP contribution in [-0.4, -0.2) is 28.2 Å². The van der Waals surface area contributed by atoms with E-state index in [1.165, 1.54) is 0 Å². The molecule has 0 aromatic heterocycles. The van der Waals surface area contributed by atoms with Crippen LogP contribution in [-0.2, 0) is 0 Å². The monoisotopic (exact) mass is 218 g/mol. The van der Waals surface area contributed by atoms with Gasteiger partial charge in [-0.2, -0.15) is 0 Å². The Balaban J connectivity index is 3.31. The molecule has 74 valence electrons. The van der Waals surface area contributed by atoms with Crippen molar-refractivity contribution >= 4 is 30.2 Å². The number of hydrogen-bond acceptors (Lipinski definition) is 3. The van der Waals surface area contributed by atoms with Gasteiger partial charge in [-0.25, -0.2) is 9.18 Å². The lowest BCUT2D eigenvalue weighted by atomic mass is 9.79. The first kappa shape index (κ1) is 11.0. The fourth-order valence-corrected chi connectivity index (χ4v) is 1.18. The molecule has 0 atom stereocenters. The minimum Gasteiger partial charge on any atom is -0.478 e. The van der Waals surface area contributed by atoms with E-state index in [9.17, 15) is 9.18 Å². The summed E-state index contributed by atoms with van der Waals surface area (Å²) in [6.07, 6.45) is 0. The van der Waals surface area contributed by atoms with Crippen molar-refractivity contribution in [3.05, 3.63) is 28.5 Å². The van der Waals surface area contributed by atoms with Gasteiger partial charge in [0.1, 0.15) is 5.82 Å². The molecule has 0 bridgehead atoms. The van der Waals surface area contributed by atoms with Crippen LogP contribution < -0.4 is 5.46 Å². The zero-order valence-electron chi connectivity index (χ0n) is 6.74. The third-order valence-corrected chi connectivity index (χ3v) is 1.91. The maximum absolute atomic E-state index is 13.0. The molecule has 0 aliphatic heterocycles. The minimum atomic E-state index is -2.02. The summed E-state index contributed by atoms with van der Waals surface area (Å²) in [4.78, 5) is 10.5. The van der Waals surface area contributed by atoms with Crippen molar-refractivity contribution in [3.63, 3.8) is 0 Å². The van der Waals surface area contributed by atoms with E-state index in [2.05, 4.69) is 0 Å². The molecule has 0 aliphatic carbocycles. The minimum absolute atomic E-state index is 0.248. The maximum atomic E-state index is 13.0. The number of rotatable bonds is 2. The molecule has 4 nitrogen and oxygen atoms in total. The lowest BCUT2D eigenvalue weighted by Crippen LogP contribution is -2.33. The van der Waals surface area contributed by atoms with Crippen LogP contribution in [0.2, 0.25) is 5.02 Å². The maximum Gasteiger partial charge on any atom is 0.491 e. The van der Waals surface area contributed by atoms with Crippen LogP contribution in [0.1, 0.15) is 10.4 Å². The van der Waals surface area contributed by atoms with E-state index in [1.807, 2.05) is 0 Å². The lowest BCUT2D eigenvalue weighted by Gasteiger charge is -2.04. The average molecular weight is 218 g/mol. The molecule has 7 heteroatoms. The van der Waals surface area contributed by atoms with Gasteiger partial charge in [-0.05, 0) is 12.1 Å². The molecule has 0 aliphatic rings. The Morgan fingerprint density at radius 1 is 1.43 bits per heavy atom. The predicted octanol–water partition coefficient (Wildman–Crippen LogP) is -0.143. The second kappa shape index (κ2) is 3.95. The molecule has 3 N–H and O–H groups in total. The van der Waals surface area contributed by atoms with Crippen molar-refractivity contribution in [3.8, 4) is 0 Å². The second-order valence-corrected chi connectivity index (χ2v) is 2.94. The van der Waals surface area contributed by atoms with E-state index in [4.69, 9.17) is 26.8 Å². The van der Waals surface area contributed by atoms with Crippen LogP contribution in [0.15, 0.2) is 12.1 Å². The molecule has 0 heterocycles. The number of benzene rings is 1. The summed E-state index contributed by atoms with van der Waals surface area (Å²) in [7, 11) is -2.02. The summed E-state index contributed by atoms with van der Waals surface area (Å²) < 4.78 is 13.0. The zero-order valence-corrected chi connectivity index (χ0v) is 7.49. The van der Waals surface area contributed by atoms with E-state index in [0.29, 0.717) is 6.07 Å². The van der Waals surface area contributed by atoms with Gasteiger partial charge in [-0.3, -0.25) is 0 Å². The van der Waals surface area contributed by atoms with Crippen LogP contribution in [0.3, 0.4) is 0 Å². The molecule has 0 saturated heterocycles. The molecule has 14 heavy (non-hydrogen) atoms. The smallest absolute Gasteiger partial charge is 0.478 e. The van der Waals surface area contributed by atoms with Crippen LogP contribution in [0.4, 0.5) is 4.39 Å². The van der Waals surface area contributed by atoms with Gasteiger partial charge in [0.2, 0.25) is 0 Å². The SMILES string of the molecule is O=C(O)c1cc(F)c(B(O)O)cc1Cl. The standard InChI is InChI=1S/C7H5BClFO4/c9-5-2-4(8(13)14)6(10)1-3(5)7(11)12/h1-2,13-14H,(H,11,12). The van der Waals surface area contributed by atoms with Gasteiger partial charge in [0, 0.05) is 5.46 Å². The van der Waals surface area contributed by atoms with Gasteiger partial charge in [-0.1, -0.05) is 11.6 Å². The summed E-state index contributed by atoms with van der Waals surface area (Å²) in [6.45, 7) is 0. The molecular formula is C7H5BClFO4. The molecule has 0 spiro atoms. The third-order valence-electron chi connectivity index (χ3n) is 1.59. The van der Waals surface area contributed by atoms with Crippen LogP contribution in [0.25, 0.3) is 0 Å². The fraction of sp³-hybridized carbons (Fsp3) is 0. The van der Waals surface area contributed by atoms with E-state index < -0.39 is 29.9 Å². The highest BCUT2D eigenvalue weighted by Crippen LogP contribution is 2.15. The predicted molar refractivity (Wildman–Crippen MR) is 48.2 cm³/mol. The van der Waals surface area contributed by atoms with Crippen LogP contribution in [0.5, 0.6) is 0 Å². The topological polar surface area (TPSA) is 77.8 Å². The highest BCUT2D eigenvalue weighted by atomic mass is 35.5. The van der Waals surface area contributed by atoms with Crippen molar-refractivity contribution in [2.45, 2.75) is 0 Å². The van der Waals surface area contributed by atoms with Crippen LogP contribution >= 0.6 is 11.6 Å². The van der Waals surface area contributed by atoms with Crippen molar-refractivity contribution < 1.29 is 24.3 Å². The molecule has 1 aromatic carbocycles. The number of hydrogen-bond donors (Lipinski definition) is 3. The van der Waals surface area contributed by atoms with Gasteiger partial charge in [-0.15, -0.1) is 0 Å². The molecule has 0 saturated carbocycles. The largest absolute Gasteiger partial charge is 0.491 e. The van der Waals surface area contributed by atoms with Crippen molar-refractivity contribution in [1.82, 2.24) is 0 Å². The van der Waals surface area contributed by atoms with E-state index >= 15 is 0 Å². The quantitative estimate of drug-likeness (QED) is 0.604. The zero-order chi connectivity index (χ0) is 10.9. The molecule has 0 unspecified atom stereocenters. The molecular weight excluding hydrogens is 213 g/mol. The summed E-state index contributed by atoms with van der Waals surface area (Å²) in [5.41, 5.74) is -0.881. The second-order valence-electron chi connectivity index (χ2n) is 2.53. The number of halogens is 2. The molecule has 0 amide bonds. The summed E-state index contributed by atoms with van der Waals surface area (Å²) in [5, 5.41) is 25.6. The van der Waals surface area contributed by atoms with Crippen molar-refractivity contribution in [2.24, 2.45) is 0 Å². The molecule has 1 aromatic rings. The first-order valence-electron chi connectivity index (χ1n) is 3.52. The Hall–Kier alpha value is -1.11. The van der Waals surface area contributed by atoms with Gasteiger partial charge in [0.05, 0.1) is 10.6 Å². The Morgan fingerprint density at radius 3 is 2.43 bits per heavy atom. The number of carboxylic acid groups (broad SMARTS) is 1. The van der Waals surface area contributed by atoms with E-state index in [-0.39, 0.29) is 5.02 Å². The van der Waals surface area contributed by atoms with Gasteiger partial charge in [0.15, 0.2) is 0 Å². The summed E-state index contributed by atoms with van der Waals surface area (Å²) in [5.74, 6) is -2.41. The van der Waals surface area contributed by atoms with E-state index in [0.717, 1.165) is 6.07 Å². The highest BCUT2D eigenvalue weighted by Gasteiger charge is 2.20. The van der Waals surface area contributed by atoms with Gasteiger partial charge in [0.25, 0.3) is 0 Å². The van der Waals surface area contributed by atoms with Crippen molar-refractivity contribution in [2.75, 3.05) is 0 Å². The normalized spacial score (nSPS) is 10.0. The van der Waals surface area contributed by atoms with Crippen molar-refractivity contribution in [1.29, 1.82) is 0 Å². The molecule has 0 fully saturated rings. The fourth-order valence-electron chi connectivity index (χ4n) is 0.924. The Kier molecular flexibility index (Phi) is 3.10. The average Bonchev–Trinajstić information content (AvgIpc) is 2.07. The first-order chi connectivity index (χ1) is 6.43. The lowest BCUT2D eigenvalue weighted by molar-refractivity contribution is 0.0696. The number of aromatic carboxylic acids is 1. The molecule has 1 rings (SSSR count). The first-order valence-corrected chi connectivity index (χ1v) is 3.89. The number of carboxylic acids is 1. The molecule has 0 radical (unpaired) electrons. The Morgan fingerprint density at radius 2 is 2.00 bits per heavy atom. The highest BCUT2D eigenvalue weighted by molar-refractivity contribution is 6.59.